The lowest BCUT2D eigenvalue weighted by molar-refractivity contribution is -0.153. The van der Waals surface area contributed by atoms with Crippen molar-refractivity contribution < 1.29 is 32.2 Å². The number of carbonyl (C=O) groups excluding carboxylic acids is 2. The Kier molecular flexibility index (Phi) is 8.19. The molecule has 1 heterocycles. The summed E-state index contributed by atoms with van der Waals surface area (Å²) >= 11 is 0. The number of benzene rings is 2. The number of methoxy groups -OCH3 is 1. The number of amides is 2. The second kappa shape index (κ2) is 11.1. The Bertz CT molecular complexity index is 978. The lowest BCUT2D eigenvalue weighted by Crippen LogP contribution is -2.34. The summed E-state index contributed by atoms with van der Waals surface area (Å²) in [5.74, 6) is 0.127. The summed E-state index contributed by atoms with van der Waals surface area (Å²) < 4.78 is 47.0. The molecule has 2 amide bonds. The molecule has 1 N–H and O–H groups in total. The molecule has 2 aromatic rings. The van der Waals surface area contributed by atoms with Gasteiger partial charge in [0.15, 0.2) is 18.1 Å². The monoisotopic (exact) mass is 464 g/mol. The van der Waals surface area contributed by atoms with Crippen LogP contribution in [-0.2, 0) is 22.6 Å². The maximum Gasteiger partial charge on any atom is 0.422 e. The second-order valence-electron chi connectivity index (χ2n) is 7.91. The molecule has 6 nitrogen and oxygen atoms in total. The first-order valence-electron chi connectivity index (χ1n) is 10.8. The van der Waals surface area contributed by atoms with Gasteiger partial charge < -0.3 is 19.7 Å². The SMILES string of the molecule is COc1cc(CCC(=O)Nc2cccc(CN3CCCCC3=O)c2)ccc1OCC(F)(F)F. The van der Waals surface area contributed by atoms with Gasteiger partial charge in [0, 0.05) is 31.6 Å². The average molecular weight is 464 g/mol. The third kappa shape index (κ3) is 7.69. The molecule has 3 rings (SSSR count). The zero-order chi connectivity index (χ0) is 23.8. The molecule has 0 atom stereocenters. The van der Waals surface area contributed by atoms with E-state index >= 15 is 0 Å². The van der Waals surface area contributed by atoms with Crippen molar-refractivity contribution in [3.05, 3.63) is 53.6 Å². The predicted molar refractivity (Wildman–Crippen MR) is 117 cm³/mol. The number of nitrogens with one attached hydrogen (secondary N) is 1. The maximum absolute atomic E-state index is 12.4. The highest BCUT2D eigenvalue weighted by Gasteiger charge is 2.29. The van der Waals surface area contributed by atoms with Crippen LogP contribution in [0.4, 0.5) is 18.9 Å². The van der Waals surface area contributed by atoms with E-state index in [1.807, 2.05) is 23.1 Å². The molecule has 0 bridgehead atoms. The summed E-state index contributed by atoms with van der Waals surface area (Å²) in [5.41, 5.74) is 2.33. The van der Waals surface area contributed by atoms with Crippen LogP contribution in [0.5, 0.6) is 11.5 Å². The van der Waals surface area contributed by atoms with Crippen molar-refractivity contribution in [2.24, 2.45) is 0 Å². The number of halogens is 3. The molecule has 0 aliphatic carbocycles. The van der Waals surface area contributed by atoms with Gasteiger partial charge in [0.1, 0.15) is 0 Å². The maximum atomic E-state index is 12.4. The highest BCUT2D eigenvalue weighted by atomic mass is 19.4. The minimum Gasteiger partial charge on any atom is -0.493 e. The number of alkyl halides is 3. The second-order valence-corrected chi connectivity index (χ2v) is 7.91. The number of ether oxygens (including phenoxy) is 2. The van der Waals surface area contributed by atoms with E-state index < -0.39 is 12.8 Å². The summed E-state index contributed by atoms with van der Waals surface area (Å²) in [4.78, 5) is 26.3. The fourth-order valence-electron chi connectivity index (χ4n) is 3.62. The van der Waals surface area contributed by atoms with E-state index in [1.54, 1.807) is 18.2 Å². The van der Waals surface area contributed by atoms with Crippen LogP contribution in [0.3, 0.4) is 0 Å². The highest BCUT2D eigenvalue weighted by molar-refractivity contribution is 5.90. The van der Waals surface area contributed by atoms with E-state index in [1.165, 1.54) is 13.2 Å². The Balaban J connectivity index is 1.53. The molecule has 1 aliphatic rings. The van der Waals surface area contributed by atoms with Crippen molar-refractivity contribution in [3.8, 4) is 11.5 Å². The zero-order valence-corrected chi connectivity index (χ0v) is 18.4. The molecule has 0 spiro atoms. The lowest BCUT2D eigenvalue weighted by atomic mass is 10.1. The number of piperidine rings is 1. The molecule has 0 radical (unpaired) electrons. The first-order valence-corrected chi connectivity index (χ1v) is 10.8. The standard InChI is InChI=1S/C24H27F3N2O4/c1-32-21-14-17(8-10-20(21)33-16-24(25,26)27)9-11-22(30)28-19-6-4-5-18(13-19)15-29-12-3-2-7-23(29)31/h4-6,8,10,13-14H,2-3,7,9,11-12,15-16H2,1H3,(H,28,30). The van der Waals surface area contributed by atoms with Crippen LogP contribution in [0.1, 0.15) is 36.8 Å². The molecule has 0 aromatic heterocycles. The van der Waals surface area contributed by atoms with Crippen LogP contribution < -0.4 is 14.8 Å². The average Bonchev–Trinajstić information content (AvgIpc) is 2.78. The van der Waals surface area contributed by atoms with Gasteiger partial charge in [-0.3, -0.25) is 9.59 Å². The molecule has 9 heteroatoms. The van der Waals surface area contributed by atoms with Crippen LogP contribution in [0, 0.1) is 0 Å². The van der Waals surface area contributed by atoms with Crippen molar-refractivity contribution in [3.63, 3.8) is 0 Å². The van der Waals surface area contributed by atoms with Crippen LogP contribution >= 0.6 is 0 Å². The number of aryl methyl sites for hydroxylation is 1. The van der Waals surface area contributed by atoms with Gasteiger partial charge in [-0.25, -0.2) is 0 Å². The third-order valence-corrected chi connectivity index (χ3v) is 5.27. The molecule has 1 saturated heterocycles. The topological polar surface area (TPSA) is 67.9 Å². The third-order valence-electron chi connectivity index (χ3n) is 5.27. The van der Waals surface area contributed by atoms with Gasteiger partial charge in [0.2, 0.25) is 11.8 Å². The van der Waals surface area contributed by atoms with Gasteiger partial charge in [-0.2, -0.15) is 13.2 Å². The molecule has 178 valence electrons. The smallest absolute Gasteiger partial charge is 0.422 e. The minimum absolute atomic E-state index is 0.00738. The Morgan fingerprint density at radius 3 is 2.64 bits per heavy atom. The van der Waals surface area contributed by atoms with E-state index in [2.05, 4.69) is 5.32 Å². The van der Waals surface area contributed by atoms with Crippen molar-refractivity contribution in [2.75, 3.05) is 25.6 Å². The van der Waals surface area contributed by atoms with Gasteiger partial charge in [0.25, 0.3) is 0 Å². The molecule has 1 aliphatic heterocycles. The summed E-state index contributed by atoms with van der Waals surface area (Å²) in [6, 6.07) is 12.0. The summed E-state index contributed by atoms with van der Waals surface area (Å²) in [6.07, 6.45) is -1.37. The first kappa shape index (κ1) is 24.4. The van der Waals surface area contributed by atoms with Gasteiger partial charge >= 0.3 is 6.18 Å². The molecule has 0 unspecified atom stereocenters. The van der Waals surface area contributed by atoms with Gasteiger partial charge in [-0.15, -0.1) is 0 Å². The van der Waals surface area contributed by atoms with Crippen LogP contribution in [-0.4, -0.2) is 43.2 Å². The van der Waals surface area contributed by atoms with Gasteiger partial charge in [-0.1, -0.05) is 18.2 Å². The summed E-state index contributed by atoms with van der Waals surface area (Å²) in [5, 5.41) is 2.85. The first-order chi connectivity index (χ1) is 15.7. The predicted octanol–water partition coefficient (Wildman–Crippen LogP) is 4.72. The normalized spacial score (nSPS) is 14.2. The largest absolute Gasteiger partial charge is 0.493 e. The molecular weight excluding hydrogens is 437 g/mol. The van der Waals surface area contributed by atoms with Gasteiger partial charge in [-0.05, 0) is 54.7 Å². The Morgan fingerprint density at radius 2 is 1.91 bits per heavy atom. The number of hydrogen-bond acceptors (Lipinski definition) is 4. The number of carbonyl (C=O) groups is 2. The summed E-state index contributed by atoms with van der Waals surface area (Å²) in [6.45, 7) is -0.139. The van der Waals surface area contributed by atoms with Gasteiger partial charge in [0.05, 0.1) is 7.11 Å². The lowest BCUT2D eigenvalue weighted by Gasteiger charge is -2.26. The molecule has 0 saturated carbocycles. The Morgan fingerprint density at radius 1 is 1.09 bits per heavy atom. The Labute approximate surface area is 190 Å². The van der Waals surface area contributed by atoms with Crippen molar-refractivity contribution in [1.82, 2.24) is 4.90 Å². The zero-order valence-electron chi connectivity index (χ0n) is 18.4. The molecule has 1 fully saturated rings. The van der Waals surface area contributed by atoms with E-state index in [-0.39, 0.29) is 29.7 Å². The van der Waals surface area contributed by atoms with Crippen LogP contribution in [0.25, 0.3) is 0 Å². The quantitative estimate of drug-likeness (QED) is 0.583. The number of anilines is 1. The Hall–Kier alpha value is -3.23. The van der Waals surface area contributed by atoms with Crippen molar-refractivity contribution in [1.29, 1.82) is 0 Å². The summed E-state index contributed by atoms with van der Waals surface area (Å²) in [7, 11) is 1.34. The number of likely N-dealkylation sites (tertiary alicyclic amines) is 1. The van der Waals surface area contributed by atoms with E-state index in [0.29, 0.717) is 25.1 Å². The van der Waals surface area contributed by atoms with E-state index in [0.717, 1.165) is 30.5 Å². The fraction of sp³-hybridized carbons (Fsp3) is 0.417. The number of rotatable bonds is 9. The molecule has 2 aromatic carbocycles. The molecular formula is C24H27F3N2O4. The van der Waals surface area contributed by atoms with Crippen molar-refractivity contribution in [2.45, 2.75) is 44.8 Å². The van der Waals surface area contributed by atoms with Crippen molar-refractivity contribution >= 4 is 17.5 Å². The van der Waals surface area contributed by atoms with Crippen LogP contribution in [0.15, 0.2) is 42.5 Å². The van der Waals surface area contributed by atoms with Crippen LogP contribution in [0.2, 0.25) is 0 Å². The van der Waals surface area contributed by atoms with E-state index in [9.17, 15) is 22.8 Å². The molecule has 33 heavy (non-hydrogen) atoms. The number of nitrogens with zero attached hydrogens (tertiary/aromatic N) is 1. The fourth-order valence-corrected chi connectivity index (χ4v) is 3.62. The highest BCUT2D eigenvalue weighted by Crippen LogP contribution is 2.30. The minimum atomic E-state index is -4.44. The number of hydrogen-bond donors (Lipinski definition) is 1. The van der Waals surface area contributed by atoms with E-state index in [4.69, 9.17) is 9.47 Å².